The van der Waals surface area contributed by atoms with E-state index >= 15 is 0 Å². The molecule has 0 fully saturated rings. The summed E-state index contributed by atoms with van der Waals surface area (Å²) in [6.45, 7) is 0. The molecule has 1 heteroatoms. The Bertz CT molecular complexity index is 375. The van der Waals surface area contributed by atoms with Crippen LogP contribution in [0.25, 0.3) is 0 Å². The van der Waals surface area contributed by atoms with Crippen molar-refractivity contribution in [3.63, 3.8) is 0 Å². The SMILES string of the molecule is C#CCCC1CCc2ccccc2C1O. The lowest BCUT2D eigenvalue weighted by Crippen LogP contribution is -2.20. The molecule has 2 atom stereocenters. The van der Waals surface area contributed by atoms with Gasteiger partial charge in [-0.15, -0.1) is 12.3 Å². The van der Waals surface area contributed by atoms with E-state index in [4.69, 9.17) is 6.42 Å². The van der Waals surface area contributed by atoms with Crippen LogP contribution in [0, 0.1) is 18.3 Å². The fourth-order valence-corrected chi connectivity index (χ4v) is 2.37. The minimum atomic E-state index is -0.316. The van der Waals surface area contributed by atoms with E-state index in [-0.39, 0.29) is 6.10 Å². The number of aliphatic hydroxyl groups is 1. The zero-order valence-corrected chi connectivity index (χ0v) is 8.82. The fraction of sp³-hybridized carbons (Fsp3) is 0.429. The van der Waals surface area contributed by atoms with Gasteiger partial charge in [-0.1, -0.05) is 24.3 Å². The molecule has 0 bridgehead atoms. The Morgan fingerprint density at radius 3 is 3.00 bits per heavy atom. The van der Waals surface area contributed by atoms with Gasteiger partial charge in [0.2, 0.25) is 0 Å². The molecular weight excluding hydrogens is 184 g/mol. The second-order valence-electron chi connectivity index (χ2n) is 4.19. The number of rotatable bonds is 2. The maximum Gasteiger partial charge on any atom is 0.0821 e. The molecule has 0 radical (unpaired) electrons. The van der Waals surface area contributed by atoms with Crippen molar-refractivity contribution in [1.29, 1.82) is 0 Å². The summed E-state index contributed by atoms with van der Waals surface area (Å²) in [5.74, 6) is 2.99. The Balaban J connectivity index is 2.15. The third-order valence-corrected chi connectivity index (χ3v) is 3.26. The molecule has 1 aromatic rings. The highest BCUT2D eigenvalue weighted by molar-refractivity contribution is 5.31. The van der Waals surface area contributed by atoms with Crippen molar-refractivity contribution in [2.24, 2.45) is 5.92 Å². The van der Waals surface area contributed by atoms with Gasteiger partial charge in [-0.05, 0) is 36.3 Å². The molecule has 1 nitrogen and oxygen atoms in total. The van der Waals surface area contributed by atoms with Crippen molar-refractivity contribution in [1.82, 2.24) is 0 Å². The fourth-order valence-electron chi connectivity index (χ4n) is 2.37. The van der Waals surface area contributed by atoms with Gasteiger partial charge in [0.1, 0.15) is 0 Å². The molecule has 0 heterocycles. The quantitative estimate of drug-likeness (QED) is 0.728. The number of aliphatic hydroxyl groups excluding tert-OH is 1. The first kappa shape index (κ1) is 10.3. The molecule has 1 aromatic carbocycles. The topological polar surface area (TPSA) is 20.2 Å². The summed E-state index contributed by atoms with van der Waals surface area (Å²) in [6, 6.07) is 8.16. The summed E-state index contributed by atoms with van der Waals surface area (Å²) in [5.41, 5.74) is 2.40. The van der Waals surface area contributed by atoms with E-state index in [0.29, 0.717) is 5.92 Å². The molecule has 0 spiro atoms. The lowest BCUT2D eigenvalue weighted by Gasteiger charge is -2.29. The van der Waals surface area contributed by atoms with E-state index in [2.05, 4.69) is 12.0 Å². The van der Waals surface area contributed by atoms with Crippen LogP contribution < -0.4 is 0 Å². The molecule has 2 unspecified atom stereocenters. The second-order valence-corrected chi connectivity index (χ2v) is 4.19. The normalized spacial score (nSPS) is 24.3. The average Bonchev–Trinajstić information content (AvgIpc) is 2.29. The first-order chi connectivity index (χ1) is 7.33. The molecule has 0 amide bonds. The number of hydrogen-bond donors (Lipinski definition) is 1. The van der Waals surface area contributed by atoms with Gasteiger partial charge in [-0.25, -0.2) is 0 Å². The van der Waals surface area contributed by atoms with E-state index in [1.807, 2.05) is 18.2 Å². The van der Waals surface area contributed by atoms with Crippen molar-refractivity contribution >= 4 is 0 Å². The number of benzene rings is 1. The Morgan fingerprint density at radius 2 is 2.20 bits per heavy atom. The van der Waals surface area contributed by atoms with E-state index in [1.54, 1.807) is 0 Å². The summed E-state index contributed by atoms with van der Waals surface area (Å²) < 4.78 is 0. The van der Waals surface area contributed by atoms with Gasteiger partial charge in [-0.3, -0.25) is 0 Å². The third kappa shape index (κ3) is 2.06. The Labute approximate surface area is 91.1 Å². The number of aryl methyl sites for hydroxylation is 1. The zero-order valence-electron chi connectivity index (χ0n) is 8.82. The summed E-state index contributed by atoms with van der Waals surface area (Å²) in [7, 11) is 0. The van der Waals surface area contributed by atoms with E-state index in [1.165, 1.54) is 5.56 Å². The maximum absolute atomic E-state index is 10.2. The predicted octanol–water partition coefficient (Wildman–Crippen LogP) is 2.70. The van der Waals surface area contributed by atoms with Crippen molar-refractivity contribution in [3.05, 3.63) is 35.4 Å². The molecule has 2 rings (SSSR count). The molecule has 0 aromatic heterocycles. The molecule has 0 aliphatic heterocycles. The summed E-state index contributed by atoms with van der Waals surface area (Å²) in [5, 5.41) is 10.2. The van der Waals surface area contributed by atoms with Gasteiger partial charge >= 0.3 is 0 Å². The molecule has 0 saturated heterocycles. The Kier molecular flexibility index (Phi) is 3.08. The lowest BCUT2D eigenvalue weighted by molar-refractivity contribution is 0.0894. The van der Waals surface area contributed by atoms with E-state index in [0.717, 1.165) is 31.2 Å². The Hall–Kier alpha value is -1.26. The van der Waals surface area contributed by atoms with Crippen LogP contribution in [0.5, 0.6) is 0 Å². The summed E-state index contributed by atoms with van der Waals surface area (Å²) in [6.07, 6.45) is 8.77. The van der Waals surface area contributed by atoms with Crippen molar-refractivity contribution in [2.75, 3.05) is 0 Å². The average molecular weight is 200 g/mol. The van der Waals surface area contributed by atoms with Crippen LogP contribution in [-0.2, 0) is 6.42 Å². The van der Waals surface area contributed by atoms with Gasteiger partial charge in [0, 0.05) is 6.42 Å². The van der Waals surface area contributed by atoms with E-state index < -0.39 is 0 Å². The summed E-state index contributed by atoms with van der Waals surface area (Å²) in [4.78, 5) is 0. The molecule has 1 aliphatic rings. The molecule has 1 aliphatic carbocycles. The standard InChI is InChI=1S/C14H16O/c1-2-3-6-12-10-9-11-7-4-5-8-13(11)14(12)15/h1,4-5,7-8,12,14-15H,3,6,9-10H2. The van der Waals surface area contributed by atoms with Crippen molar-refractivity contribution in [2.45, 2.75) is 31.8 Å². The van der Waals surface area contributed by atoms with Crippen LogP contribution in [0.15, 0.2) is 24.3 Å². The van der Waals surface area contributed by atoms with Gasteiger partial charge in [-0.2, -0.15) is 0 Å². The van der Waals surface area contributed by atoms with Gasteiger partial charge in [0.25, 0.3) is 0 Å². The van der Waals surface area contributed by atoms with Crippen LogP contribution in [0.1, 0.15) is 36.5 Å². The Morgan fingerprint density at radius 1 is 1.40 bits per heavy atom. The van der Waals surface area contributed by atoms with Gasteiger partial charge in [0.15, 0.2) is 0 Å². The van der Waals surface area contributed by atoms with Crippen LogP contribution in [0.4, 0.5) is 0 Å². The minimum Gasteiger partial charge on any atom is -0.388 e. The first-order valence-corrected chi connectivity index (χ1v) is 5.52. The molecule has 78 valence electrons. The highest BCUT2D eigenvalue weighted by Crippen LogP contribution is 2.36. The largest absolute Gasteiger partial charge is 0.388 e. The van der Waals surface area contributed by atoms with Crippen LogP contribution >= 0.6 is 0 Å². The summed E-state index contributed by atoms with van der Waals surface area (Å²) >= 11 is 0. The zero-order chi connectivity index (χ0) is 10.7. The maximum atomic E-state index is 10.2. The molecule has 0 saturated carbocycles. The van der Waals surface area contributed by atoms with Crippen LogP contribution in [0.2, 0.25) is 0 Å². The monoisotopic (exact) mass is 200 g/mol. The smallest absolute Gasteiger partial charge is 0.0821 e. The lowest BCUT2D eigenvalue weighted by atomic mass is 9.79. The highest BCUT2D eigenvalue weighted by atomic mass is 16.3. The van der Waals surface area contributed by atoms with Crippen LogP contribution in [-0.4, -0.2) is 5.11 Å². The van der Waals surface area contributed by atoms with Gasteiger partial charge in [0.05, 0.1) is 6.10 Å². The molecular formula is C14H16O. The van der Waals surface area contributed by atoms with Gasteiger partial charge < -0.3 is 5.11 Å². The number of fused-ring (bicyclic) bond motifs is 1. The first-order valence-electron chi connectivity index (χ1n) is 5.52. The third-order valence-electron chi connectivity index (χ3n) is 3.26. The molecule has 1 N–H and O–H groups in total. The highest BCUT2D eigenvalue weighted by Gasteiger charge is 2.26. The van der Waals surface area contributed by atoms with Crippen molar-refractivity contribution < 1.29 is 5.11 Å². The molecule has 15 heavy (non-hydrogen) atoms. The van der Waals surface area contributed by atoms with Crippen molar-refractivity contribution in [3.8, 4) is 12.3 Å². The predicted molar refractivity (Wildman–Crippen MR) is 61.3 cm³/mol. The minimum absolute atomic E-state index is 0.316. The number of terminal acetylenes is 1. The second kappa shape index (κ2) is 4.51. The van der Waals surface area contributed by atoms with Crippen LogP contribution in [0.3, 0.4) is 0 Å². The van der Waals surface area contributed by atoms with E-state index in [9.17, 15) is 5.11 Å². The number of hydrogen-bond acceptors (Lipinski definition) is 1.